The molecule has 1 amide bonds. The van der Waals surface area contributed by atoms with Crippen LogP contribution in [-0.2, 0) is 9.53 Å². The molecule has 0 aliphatic heterocycles. The lowest BCUT2D eigenvalue weighted by Crippen LogP contribution is -2.39. The SMILES string of the molecule is COCC(N)C(=O)Nc1ccc(SC)cn1.Cl.Cl. The topological polar surface area (TPSA) is 77.2 Å². The number of ether oxygens (including phenoxy) is 1. The predicted molar refractivity (Wildman–Crippen MR) is 79.0 cm³/mol. The van der Waals surface area contributed by atoms with E-state index in [1.807, 2.05) is 12.3 Å². The number of halogens is 2. The number of thioether (sulfide) groups is 1. The van der Waals surface area contributed by atoms with Gasteiger partial charge in [0.15, 0.2) is 0 Å². The van der Waals surface area contributed by atoms with Gasteiger partial charge in [0.1, 0.15) is 11.9 Å². The lowest BCUT2D eigenvalue weighted by atomic mass is 10.3. The molecular formula is C10H17Cl2N3O2S. The van der Waals surface area contributed by atoms with Gasteiger partial charge in [0.25, 0.3) is 0 Å². The molecule has 0 fully saturated rings. The summed E-state index contributed by atoms with van der Waals surface area (Å²) in [5.74, 6) is 0.195. The van der Waals surface area contributed by atoms with Crippen molar-refractivity contribution in [2.45, 2.75) is 10.9 Å². The molecule has 3 N–H and O–H groups in total. The summed E-state index contributed by atoms with van der Waals surface area (Å²) in [7, 11) is 1.50. The summed E-state index contributed by atoms with van der Waals surface area (Å²) in [5.41, 5.74) is 5.56. The largest absolute Gasteiger partial charge is 0.383 e. The second-order valence-corrected chi connectivity index (χ2v) is 4.01. The summed E-state index contributed by atoms with van der Waals surface area (Å²) >= 11 is 1.59. The first-order valence-corrected chi connectivity index (χ1v) is 5.95. The minimum absolute atomic E-state index is 0. The first-order chi connectivity index (χ1) is 7.67. The van der Waals surface area contributed by atoms with Crippen LogP contribution < -0.4 is 11.1 Å². The number of pyridine rings is 1. The van der Waals surface area contributed by atoms with Gasteiger partial charge in [-0.05, 0) is 18.4 Å². The molecule has 8 heteroatoms. The van der Waals surface area contributed by atoms with Crippen LogP contribution in [0.25, 0.3) is 0 Å². The van der Waals surface area contributed by atoms with Crippen molar-refractivity contribution in [3.05, 3.63) is 18.3 Å². The highest BCUT2D eigenvalue weighted by atomic mass is 35.5. The van der Waals surface area contributed by atoms with Gasteiger partial charge in [-0.15, -0.1) is 36.6 Å². The highest BCUT2D eigenvalue weighted by molar-refractivity contribution is 7.98. The summed E-state index contributed by atoms with van der Waals surface area (Å²) < 4.78 is 4.79. The van der Waals surface area contributed by atoms with E-state index in [0.29, 0.717) is 5.82 Å². The first kappa shape index (κ1) is 19.8. The van der Waals surface area contributed by atoms with Crippen LogP contribution in [0, 0.1) is 0 Å². The van der Waals surface area contributed by atoms with Crippen LogP contribution in [0.15, 0.2) is 23.2 Å². The molecule has 1 atom stereocenters. The Kier molecular flexibility index (Phi) is 11.4. The van der Waals surface area contributed by atoms with Gasteiger partial charge < -0.3 is 15.8 Å². The highest BCUT2D eigenvalue weighted by Crippen LogP contribution is 2.14. The van der Waals surface area contributed by atoms with Crippen molar-refractivity contribution in [2.24, 2.45) is 5.73 Å². The summed E-state index contributed by atoms with van der Waals surface area (Å²) in [4.78, 5) is 16.6. The van der Waals surface area contributed by atoms with E-state index in [9.17, 15) is 4.79 Å². The quantitative estimate of drug-likeness (QED) is 0.807. The van der Waals surface area contributed by atoms with Gasteiger partial charge in [-0.1, -0.05) is 0 Å². The van der Waals surface area contributed by atoms with E-state index in [2.05, 4.69) is 10.3 Å². The molecule has 1 unspecified atom stereocenters. The lowest BCUT2D eigenvalue weighted by molar-refractivity contribution is -0.118. The van der Waals surface area contributed by atoms with Crippen LogP contribution in [0.4, 0.5) is 5.82 Å². The maximum absolute atomic E-state index is 11.5. The lowest BCUT2D eigenvalue weighted by Gasteiger charge is -2.10. The van der Waals surface area contributed by atoms with E-state index in [4.69, 9.17) is 10.5 Å². The van der Waals surface area contributed by atoms with E-state index < -0.39 is 6.04 Å². The number of nitrogens with one attached hydrogen (secondary N) is 1. The molecule has 0 aliphatic rings. The van der Waals surface area contributed by atoms with E-state index >= 15 is 0 Å². The molecule has 0 saturated heterocycles. The highest BCUT2D eigenvalue weighted by Gasteiger charge is 2.13. The van der Waals surface area contributed by atoms with Gasteiger partial charge in [-0.2, -0.15) is 0 Å². The number of carbonyl (C=O) groups is 1. The van der Waals surface area contributed by atoms with Crippen LogP contribution in [0.5, 0.6) is 0 Å². The molecule has 1 rings (SSSR count). The van der Waals surface area contributed by atoms with Gasteiger partial charge in [-0.25, -0.2) is 4.98 Å². The van der Waals surface area contributed by atoms with E-state index in [1.165, 1.54) is 7.11 Å². The number of anilines is 1. The van der Waals surface area contributed by atoms with Gasteiger partial charge in [0, 0.05) is 18.2 Å². The Labute approximate surface area is 123 Å². The van der Waals surface area contributed by atoms with E-state index in [1.54, 1.807) is 24.0 Å². The number of hydrogen-bond acceptors (Lipinski definition) is 5. The van der Waals surface area contributed by atoms with Crippen LogP contribution in [-0.4, -0.2) is 36.9 Å². The third-order valence-electron chi connectivity index (χ3n) is 1.91. The number of methoxy groups -OCH3 is 1. The molecule has 0 spiro atoms. The van der Waals surface area contributed by atoms with Gasteiger partial charge >= 0.3 is 0 Å². The number of nitrogens with two attached hydrogens (primary N) is 1. The third-order valence-corrected chi connectivity index (χ3v) is 2.62. The number of rotatable bonds is 5. The summed E-state index contributed by atoms with van der Waals surface area (Å²) in [5, 5.41) is 2.61. The number of carbonyl (C=O) groups excluding carboxylic acids is 1. The average Bonchev–Trinajstić information content (AvgIpc) is 2.30. The van der Waals surface area contributed by atoms with Crippen LogP contribution in [0.2, 0.25) is 0 Å². The first-order valence-electron chi connectivity index (χ1n) is 4.72. The Hall–Kier alpha value is -0.530. The fourth-order valence-corrected chi connectivity index (χ4v) is 1.41. The summed E-state index contributed by atoms with van der Waals surface area (Å²) in [6.07, 6.45) is 3.66. The Morgan fingerprint density at radius 1 is 1.56 bits per heavy atom. The molecule has 0 saturated carbocycles. The zero-order valence-electron chi connectivity index (χ0n) is 10.1. The molecule has 104 valence electrons. The number of hydrogen-bond donors (Lipinski definition) is 2. The maximum atomic E-state index is 11.5. The van der Waals surface area contributed by atoms with Crippen molar-refractivity contribution >= 4 is 48.3 Å². The van der Waals surface area contributed by atoms with E-state index in [-0.39, 0.29) is 37.3 Å². The van der Waals surface area contributed by atoms with Gasteiger partial charge in [0.2, 0.25) is 5.91 Å². The zero-order valence-corrected chi connectivity index (χ0v) is 12.5. The van der Waals surface area contributed by atoms with Gasteiger partial charge in [0.05, 0.1) is 6.61 Å². The fourth-order valence-electron chi connectivity index (χ4n) is 1.05. The van der Waals surface area contributed by atoms with Crippen molar-refractivity contribution in [1.82, 2.24) is 4.98 Å². The Balaban J connectivity index is 0. The maximum Gasteiger partial charge on any atom is 0.244 e. The molecule has 0 aromatic carbocycles. The predicted octanol–water partition coefficient (Wildman–Crippen LogP) is 1.56. The second kappa shape index (κ2) is 10.4. The molecule has 1 aromatic heterocycles. The van der Waals surface area contributed by atoms with Crippen molar-refractivity contribution < 1.29 is 9.53 Å². The minimum atomic E-state index is -0.674. The molecule has 0 radical (unpaired) electrons. The number of nitrogens with zero attached hydrogens (tertiary/aromatic N) is 1. The molecule has 18 heavy (non-hydrogen) atoms. The molecule has 1 aromatic rings. The Morgan fingerprint density at radius 2 is 2.22 bits per heavy atom. The molecule has 0 aliphatic carbocycles. The number of amides is 1. The standard InChI is InChI=1S/C10H15N3O2S.2ClH/c1-15-6-8(11)10(14)13-9-4-3-7(16-2)5-12-9;;/h3-5,8H,6,11H2,1-2H3,(H,12,13,14);2*1H. The average molecular weight is 314 g/mol. The molecule has 5 nitrogen and oxygen atoms in total. The summed E-state index contributed by atoms with van der Waals surface area (Å²) in [6.45, 7) is 0.189. The molecule has 0 bridgehead atoms. The Bertz CT molecular complexity index is 351. The monoisotopic (exact) mass is 313 g/mol. The smallest absolute Gasteiger partial charge is 0.244 e. The van der Waals surface area contributed by atoms with Gasteiger partial charge in [-0.3, -0.25) is 4.79 Å². The van der Waals surface area contributed by atoms with Crippen LogP contribution in [0.3, 0.4) is 0 Å². The van der Waals surface area contributed by atoms with E-state index in [0.717, 1.165) is 4.90 Å². The minimum Gasteiger partial charge on any atom is -0.383 e. The third kappa shape index (κ3) is 6.42. The number of aromatic nitrogens is 1. The molecular weight excluding hydrogens is 297 g/mol. The van der Waals surface area contributed by atoms with Crippen molar-refractivity contribution in [2.75, 3.05) is 25.3 Å². The van der Waals surface area contributed by atoms with Crippen molar-refractivity contribution in [3.63, 3.8) is 0 Å². The fraction of sp³-hybridized carbons (Fsp3) is 0.400. The Morgan fingerprint density at radius 3 is 2.67 bits per heavy atom. The van der Waals surface area contributed by atoms with Crippen molar-refractivity contribution in [1.29, 1.82) is 0 Å². The van der Waals surface area contributed by atoms with Crippen LogP contribution in [0.1, 0.15) is 0 Å². The normalized spacial score (nSPS) is 10.8. The van der Waals surface area contributed by atoms with Crippen molar-refractivity contribution in [3.8, 4) is 0 Å². The molecule has 1 heterocycles. The second-order valence-electron chi connectivity index (χ2n) is 3.13. The summed E-state index contributed by atoms with van der Waals surface area (Å²) in [6, 6.07) is 2.95. The zero-order chi connectivity index (χ0) is 12.0. The van der Waals surface area contributed by atoms with Crippen LogP contribution >= 0.6 is 36.6 Å².